The summed E-state index contributed by atoms with van der Waals surface area (Å²) < 4.78 is 43.7. The lowest BCUT2D eigenvalue weighted by Crippen LogP contribution is -1.96. The molecule has 0 radical (unpaired) electrons. The quantitative estimate of drug-likeness (QED) is 0.759. The normalized spacial score (nSPS) is 14.1. The minimum atomic E-state index is -0.509. The van der Waals surface area contributed by atoms with Crippen molar-refractivity contribution >= 4 is 17.4 Å². The molecule has 0 fully saturated rings. The first-order valence-corrected chi connectivity index (χ1v) is 5.17. The van der Waals surface area contributed by atoms with E-state index in [1.54, 1.807) is 0 Å². The van der Waals surface area contributed by atoms with Crippen molar-refractivity contribution in [3.8, 4) is 11.5 Å². The predicted molar refractivity (Wildman–Crippen MR) is 68.0 cm³/mol. The maximum absolute atomic E-state index is 11.6. The molecule has 0 spiro atoms. The average molecular weight is 252 g/mol. The van der Waals surface area contributed by atoms with Crippen LogP contribution in [0.2, 0.25) is 5.02 Å². The van der Waals surface area contributed by atoms with E-state index < -0.39 is 30.2 Å². The molecule has 0 atom stereocenters. The second kappa shape index (κ2) is 5.02. The van der Waals surface area contributed by atoms with E-state index in [0.29, 0.717) is 5.02 Å². The van der Waals surface area contributed by atoms with Crippen LogP contribution in [-0.2, 0) is 0 Å². The monoisotopic (exact) mass is 251 g/mol. The molecule has 0 aliphatic carbocycles. The van der Waals surface area contributed by atoms with Gasteiger partial charge in [0.2, 0.25) is 0 Å². The molecule has 0 aliphatic rings. The van der Waals surface area contributed by atoms with Gasteiger partial charge in [-0.3, -0.25) is 4.79 Å². The van der Waals surface area contributed by atoms with Crippen molar-refractivity contribution in [2.24, 2.45) is 0 Å². The van der Waals surface area contributed by atoms with E-state index in [0.717, 1.165) is 0 Å². The number of carbonyl (C=O) groups excluding carboxylic acids is 1. The Morgan fingerprint density at radius 3 is 2.65 bits per heavy atom. The van der Waals surface area contributed by atoms with Crippen LogP contribution in [-0.4, -0.2) is 5.78 Å². The first-order chi connectivity index (χ1) is 10.2. The third-order valence-electron chi connectivity index (χ3n) is 2.01. The SMILES string of the molecule is [2H]c1c([2H])c([2H])c(Oc2ccc(Cl)cc2C(C)=O)c([2H])c1[2H]. The second-order valence-electron chi connectivity index (χ2n) is 3.25. The van der Waals surface area contributed by atoms with Crippen molar-refractivity contribution in [1.82, 2.24) is 0 Å². The summed E-state index contributed by atoms with van der Waals surface area (Å²) in [5.74, 6) is -0.573. The van der Waals surface area contributed by atoms with Gasteiger partial charge in [0.15, 0.2) is 5.78 Å². The zero-order valence-corrected chi connectivity index (χ0v) is 9.68. The molecule has 0 aromatic heterocycles. The Bertz CT molecular complexity index is 747. The summed E-state index contributed by atoms with van der Waals surface area (Å²) in [7, 11) is 0. The number of carbonyl (C=O) groups is 1. The molecule has 0 saturated heterocycles. The van der Waals surface area contributed by atoms with Gasteiger partial charge in [0.05, 0.1) is 12.4 Å². The number of benzene rings is 2. The van der Waals surface area contributed by atoms with Gasteiger partial charge in [0.1, 0.15) is 11.5 Å². The molecule has 0 amide bonds. The van der Waals surface area contributed by atoms with Gasteiger partial charge in [-0.2, -0.15) is 0 Å². The highest BCUT2D eigenvalue weighted by Crippen LogP contribution is 2.28. The van der Waals surface area contributed by atoms with Crippen LogP contribution in [0.3, 0.4) is 0 Å². The van der Waals surface area contributed by atoms with E-state index >= 15 is 0 Å². The van der Waals surface area contributed by atoms with E-state index in [1.807, 2.05) is 0 Å². The molecule has 0 saturated carbocycles. The van der Waals surface area contributed by atoms with Gasteiger partial charge >= 0.3 is 0 Å². The third kappa shape index (κ3) is 2.86. The van der Waals surface area contributed by atoms with Crippen molar-refractivity contribution in [3.05, 3.63) is 59.0 Å². The Labute approximate surface area is 112 Å². The van der Waals surface area contributed by atoms with E-state index in [2.05, 4.69) is 0 Å². The largest absolute Gasteiger partial charge is 0.457 e. The third-order valence-corrected chi connectivity index (χ3v) is 2.25. The van der Waals surface area contributed by atoms with Crippen molar-refractivity contribution in [3.63, 3.8) is 0 Å². The zero-order chi connectivity index (χ0) is 16.6. The average Bonchev–Trinajstić information content (AvgIpc) is 2.48. The zero-order valence-electron chi connectivity index (χ0n) is 13.9. The van der Waals surface area contributed by atoms with Crippen LogP contribution in [0.15, 0.2) is 48.4 Å². The lowest BCUT2D eigenvalue weighted by Gasteiger charge is -2.09. The molecule has 2 aromatic carbocycles. The molecular weight excluding hydrogens is 236 g/mol. The van der Waals surface area contributed by atoms with E-state index in [4.69, 9.17) is 23.2 Å². The molecular formula is C14H11ClO2. The Morgan fingerprint density at radius 1 is 1.29 bits per heavy atom. The second-order valence-corrected chi connectivity index (χ2v) is 3.69. The Hall–Kier alpha value is -1.80. The molecule has 0 bridgehead atoms. The van der Waals surface area contributed by atoms with Crippen molar-refractivity contribution in [2.75, 3.05) is 0 Å². The molecule has 3 heteroatoms. The highest BCUT2D eigenvalue weighted by atomic mass is 35.5. The van der Waals surface area contributed by atoms with Crippen LogP contribution in [0.5, 0.6) is 11.5 Å². The van der Waals surface area contributed by atoms with Gasteiger partial charge in [-0.25, -0.2) is 0 Å². The van der Waals surface area contributed by atoms with Gasteiger partial charge in [-0.1, -0.05) is 29.7 Å². The van der Waals surface area contributed by atoms with Crippen LogP contribution in [0.25, 0.3) is 0 Å². The standard InChI is InChI=1S/C14H11ClO2/c1-10(16)13-9-11(15)7-8-14(13)17-12-5-3-2-4-6-12/h2-9H,1H3/i2D,3D,4D,5D,6D. The van der Waals surface area contributed by atoms with Crippen LogP contribution in [0.1, 0.15) is 24.1 Å². The summed E-state index contributed by atoms with van der Waals surface area (Å²) in [6.07, 6.45) is 0. The summed E-state index contributed by atoms with van der Waals surface area (Å²) in [5, 5.41) is 0.332. The number of ketones is 1. The summed E-state index contributed by atoms with van der Waals surface area (Å²) in [5.41, 5.74) is 0.166. The number of halogens is 1. The first-order valence-electron chi connectivity index (χ1n) is 7.29. The number of Topliss-reactive ketones (excluding diaryl/α,β-unsaturated/α-hetero) is 1. The van der Waals surface area contributed by atoms with Gasteiger partial charge < -0.3 is 4.74 Å². The number of para-hydroxylation sites is 1. The van der Waals surface area contributed by atoms with Gasteiger partial charge in [-0.05, 0) is 37.2 Å². The molecule has 0 unspecified atom stereocenters. The first kappa shape index (κ1) is 6.82. The Kier molecular flexibility index (Phi) is 2.01. The van der Waals surface area contributed by atoms with Gasteiger partial charge in [-0.15, -0.1) is 0 Å². The Balaban J connectivity index is 2.60. The molecule has 2 rings (SSSR count). The highest BCUT2D eigenvalue weighted by molar-refractivity contribution is 6.31. The fraction of sp³-hybridized carbons (Fsp3) is 0.0714. The Morgan fingerprint density at radius 2 is 2.00 bits per heavy atom. The summed E-state index contributed by atoms with van der Waals surface area (Å²) in [6.45, 7) is 1.32. The van der Waals surface area contributed by atoms with Crippen molar-refractivity contribution in [1.29, 1.82) is 0 Å². The minimum Gasteiger partial charge on any atom is -0.457 e. The van der Waals surface area contributed by atoms with E-state index in [1.165, 1.54) is 25.1 Å². The van der Waals surface area contributed by atoms with Gasteiger partial charge in [0.25, 0.3) is 0 Å². The summed E-state index contributed by atoms with van der Waals surface area (Å²) >= 11 is 5.83. The number of rotatable bonds is 3. The van der Waals surface area contributed by atoms with E-state index in [-0.39, 0.29) is 22.8 Å². The lowest BCUT2D eigenvalue weighted by molar-refractivity contribution is 0.101. The number of ether oxygens (including phenoxy) is 1. The van der Waals surface area contributed by atoms with Crippen molar-refractivity contribution in [2.45, 2.75) is 6.92 Å². The molecule has 2 aromatic rings. The smallest absolute Gasteiger partial charge is 0.163 e. The van der Waals surface area contributed by atoms with E-state index in [9.17, 15) is 4.79 Å². The summed E-state index contributed by atoms with van der Waals surface area (Å²) in [4.78, 5) is 11.6. The molecule has 86 valence electrons. The maximum atomic E-state index is 11.6. The highest BCUT2D eigenvalue weighted by Gasteiger charge is 2.09. The number of hydrogen-bond acceptors (Lipinski definition) is 2. The lowest BCUT2D eigenvalue weighted by atomic mass is 10.1. The molecule has 2 nitrogen and oxygen atoms in total. The fourth-order valence-corrected chi connectivity index (χ4v) is 1.44. The predicted octanol–water partition coefficient (Wildman–Crippen LogP) is 4.33. The van der Waals surface area contributed by atoms with Gasteiger partial charge in [0, 0.05) is 5.02 Å². The maximum Gasteiger partial charge on any atom is 0.163 e. The number of hydrogen-bond donors (Lipinski definition) is 0. The van der Waals surface area contributed by atoms with Crippen LogP contribution in [0, 0.1) is 0 Å². The minimum absolute atomic E-state index is 0.0791. The summed E-state index contributed by atoms with van der Waals surface area (Å²) in [6, 6.07) is 1.83. The fourth-order valence-electron chi connectivity index (χ4n) is 1.27. The van der Waals surface area contributed by atoms with Crippen LogP contribution in [0.4, 0.5) is 0 Å². The molecule has 17 heavy (non-hydrogen) atoms. The molecule has 0 N–H and O–H groups in total. The topological polar surface area (TPSA) is 26.3 Å². The van der Waals surface area contributed by atoms with Crippen molar-refractivity contribution < 1.29 is 16.4 Å². The van der Waals surface area contributed by atoms with Crippen LogP contribution < -0.4 is 4.74 Å². The van der Waals surface area contributed by atoms with Crippen LogP contribution >= 0.6 is 11.6 Å². The molecule has 0 aliphatic heterocycles. The molecule has 0 heterocycles.